The Labute approximate surface area is 156 Å². The summed E-state index contributed by atoms with van der Waals surface area (Å²) in [6, 6.07) is 17.5. The fraction of sp³-hybridized carbons (Fsp3) is 0.0952. The number of nitrogens with zero attached hydrogens (tertiary/aromatic N) is 3. The van der Waals surface area contributed by atoms with Crippen LogP contribution >= 0.6 is 0 Å². The zero-order valence-electron chi connectivity index (χ0n) is 14.7. The second-order valence-corrected chi connectivity index (χ2v) is 5.95. The molecule has 0 fully saturated rings. The van der Waals surface area contributed by atoms with Gasteiger partial charge in [-0.05, 0) is 47.5 Å². The Morgan fingerprint density at radius 3 is 2.78 bits per heavy atom. The average Bonchev–Trinajstić information content (AvgIpc) is 3.16. The average molecular weight is 359 g/mol. The van der Waals surface area contributed by atoms with Crippen molar-refractivity contribution in [1.29, 1.82) is 0 Å². The minimum absolute atomic E-state index is 0.114. The molecule has 6 heteroatoms. The van der Waals surface area contributed by atoms with E-state index in [1.54, 1.807) is 12.4 Å². The van der Waals surface area contributed by atoms with Gasteiger partial charge in [0.2, 0.25) is 0 Å². The van der Waals surface area contributed by atoms with E-state index in [-0.39, 0.29) is 6.61 Å². The van der Waals surface area contributed by atoms with Gasteiger partial charge in [-0.3, -0.25) is 4.98 Å². The Morgan fingerprint density at radius 2 is 1.96 bits per heavy atom. The SMILES string of the molecule is COC(=O)COc1cccc(-c2ccc3nn(-c4cccnc4)cc3c2)c1. The van der Waals surface area contributed by atoms with Gasteiger partial charge in [-0.15, -0.1) is 0 Å². The van der Waals surface area contributed by atoms with Crippen molar-refractivity contribution in [2.45, 2.75) is 0 Å². The molecule has 6 nitrogen and oxygen atoms in total. The second kappa shape index (κ2) is 7.29. The summed E-state index contributed by atoms with van der Waals surface area (Å²) in [5, 5.41) is 5.62. The number of carbonyl (C=O) groups excluding carboxylic acids is 1. The Kier molecular flexibility index (Phi) is 4.53. The van der Waals surface area contributed by atoms with Crippen molar-refractivity contribution < 1.29 is 14.3 Å². The summed E-state index contributed by atoms with van der Waals surface area (Å²) in [5.74, 6) is 0.202. The number of esters is 1. The lowest BCUT2D eigenvalue weighted by atomic mass is 10.0. The zero-order chi connectivity index (χ0) is 18.6. The molecule has 0 saturated heterocycles. The number of hydrogen-bond acceptors (Lipinski definition) is 5. The lowest BCUT2D eigenvalue weighted by molar-refractivity contribution is -0.142. The van der Waals surface area contributed by atoms with Gasteiger partial charge in [0.1, 0.15) is 5.75 Å². The van der Waals surface area contributed by atoms with Crippen LogP contribution in [0.2, 0.25) is 0 Å². The number of carbonyl (C=O) groups is 1. The number of ether oxygens (including phenoxy) is 2. The summed E-state index contributed by atoms with van der Waals surface area (Å²) < 4.78 is 11.9. The maximum atomic E-state index is 11.2. The molecule has 27 heavy (non-hydrogen) atoms. The van der Waals surface area contributed by atoms with Crippen LogP contribution in [-0.2, 0) is 9.53 Å². The number of fused-ring (bicyclic) bond motifs is 1. The molecular weight excluding hydrogens is 342 g/mol. The zero-order valence-corrected chi connectivity index (χ0v) is 14.7. The maximum absolute atomic E-state index is 11.2. The predicted molar refractivity (Wildman–Crippen MR) is 102 cm³/mol. The van der Waals surface area contributed by atoms with Gasteiger partial charge in [0.25, 0.3) is 0 Å². The topological polar surface area (TPSA) is 66.2 Å². The maximum Gasteiger partial charge on any atom is 0.343 e. The summed E-state index contributed by atoms with van der Waals surface area (Å²) >= 11 is 0. The fourth-order valence-corrected chi connectivity index (χ4v) is 2.79. The van der Waals surface area contributed by atoms with Crippen molar-refractivity contribution in [1.82, 2.24) is 14.8 Å². The molecule has 0 aliphatic rings. The van der Waals surface area contributed by atoms with Crippen molar-refractivity contribution in [3.63, 3.8) is 0 Å². The molecule has 0 bridgehead atoms. The molecule has 0 aliphatic carbocycles. The third-order valence-electron chi connectivity index (χ3n) is 4.17. The Balaban J connectivity index is 1.63. The Bertz CT molecular complexity index is 1090. The van der Waals surface area contributed by atoms with E-state index in [1.165, 1.54) is 7.11 Å². The second-order valence-electron chi connectivity index (χ2n) is 5.95. The highest BCUT2D eigenvalue weighted by molar-refractivity contribution is 5.84. The van der Waals surface area contributed by atoms with Crippen molar-refractivity contribution in [3.8, 4) is 22.6 Å². The molecule has 2 aromatic heterocycles. The molecule has 2 aromatic carbocycles. The Morgan fingerprint density at radius 1 is 1.07 bits per heavy atom. The van der Waals surface area contributed by atoms with Gasteiger partial charge in [0.05, 0.1) is 24.5 Å². The number of rotatable bonds is 5. The highest BCUT2D eigenvalue weighted by atomic mass is 16.6. The molecule has 4 aromatic rings. The van der Waals surface area contributed by atoms with Gasteiger partial charge in [0, 0.05) is 17.8 Å². The molecule has 0 amide bonds. The van der Waals surface area contributed by atoms with Crippen LogP contribution in [0.5, 0.6) is 5.75 Å². The van der Waals surface area contributed by atoms with Crippen LogP contribution in [0.4, 0.5) is 0 Å². The highest BCUT2D eigenvalue weighted by Gasteiger charge is 2.07. The molecule has 0 aliphatic heterocycles. The fourth-order valence-electron chi connectivity index (χ4n) is 2.79. The van der Waals surface area contributed by atoms with Crippen molar-refractivity contribution in [3.05, 3.63) is 73.2 Å². The van der Waals surface area contributed by atoms with Crippen LogP contribution in [-0.4, -0.2) is 34.5 Å². The Hall–Kier alpha value is -3.67. The lowest BCUT2D eigenvalue weighted by Gasteiger charge is -2.07. The molecule has 0 N–H and O–H groups in total. The minimum atomic E-state index is -0.412. The largest absolute Gasteiger partial charge is 0.482 e. The summed E-state index contributed by atoms with van der Waals surface area (Å²) in [7, 11) is 1.34. The van der Waals surface area contributed by atoms with Crippen LogP contribution in [0.1, 0.15) is 0 Å². The van der Waals surface area contributed by atoms with Crippen LogP contribution < -0.4 is 4.74 Å². The molecule has 0 atom stereocenters. The third-order valence-corrected chi connectivity index (χ3v) is 4.17. The summed E-state index contributed by atoms with van der Waals surface area (Å²) in [4.78, 5) is 15.4. The number of pyridine rings is 1. The molecule has 0 spiro atoms. The van der Waals surface area contributed by atoms with E-state index >= 15 is 0 Å². The van der Waals surface area contributed by atoms with Gasteiger partial charge in [-0.1, -0.05) is 18.2 Å². The van der Waals surface area contributed by atoms with Gasteiger partial charge in [-0.25, -0.2) is 9.48 Å². The predicted octanol–water partition coefficient (Wildman–Crippen LogP) is 3.64. The van der Waals surface area contributed by atoms with E-state index in [1.807, 2.05) is 59.4 Å². The summed E-state index contributed by atoms with van der Waals surface area (Å²) in [6.45, 7) is -0.114. The number of benzene rings is 2. The normalized spacial score (nSPS) is 10.7. The molecule has 0 radical (unpaired) electrons. The van der Waals surface area contributed by atoms with E-state index in [4.69, 9.17) is 4.74 Å². The van der Waals surface area contributed by atoms with Crippen LogP contribution in [0.15, 0.2) is 73.2 Å². The molecule has 4 rings (SSSR count). The van der Waals surface area contributed by atoms with Gasteiger partial charge < -0.3 is 9.47 Å². The first kappa shape index (κ1) is 16.8. The molecule has 134 valence electrons. The van der Waals surface area contributed by atoms with Gasteiger partial charge >= 0.3 is 5.97 Å². The van der Waals surface area contributed by atoms with Crippen molar-refractivity contribution in [2.24, 2.45) is 0 Å². The minimum Gasteiger partial charge on any atom is -0.482 e. The van der Waals surface area contributed by atoms with Crippen LogP contribution in [0.3, 0.4) is 0 Å². The van der Waals surface area contributed by atoms with Crippen molar-refractivity contribution in [2.75, 3.05) is 13.7 Å². The highest BCUT2D eigenvalue weighted by Crippen LogP contribution is 2.27. The first-order valence-electron chi connectivity index (χ1n) is 8.43. The van der Waals surface area contributed by atoms with Gasteiger partial charge in [0.15, 0.2) is 6.61 Å². The standard InChI is InChI=1S/C21H17N3O3/c1-26-21(25)14-27-19-6-2-4-15(11-19)16-7-8-20-17(10-16)13-24(23-20)18-5-3-9-22-12-18/h2-13H,14H2,1H3. The quantitative estimate of drug-likeness (QED) is 0.509. The first-order chi connectivity index (χ1) is 13.2. The van der Waals surface area contributed by atoms with E-state index in [0.717, 1.165) is 27.7 Å². The summed E-state index contributed by atoms with van der Waals surface area (Å²) in [5.41, 5.74) is 3.85. The van der Waals surface area contributed by atoms with Crippen LogP contribution in [0, 0.1) is 0 Å². The van der Waals surface area contributed by atoms with E-state index < -0.39 is 5.97 Å². The molecule has 2 heterocycles. The first-order valence-corrected chi connectivity index (χ1v) is 8.43. The van der Waals surface area contributed by atoms with Crippen molar-refractivity contribution >= 4 is 16.9 Å². The van der Waals surface area contributed by atoms with Gasteiger partial charge in [-0.2, -0.15) is 5.10 Å². The third kappa shape index (κ3) is 3.64. The van der Waals surface area contributed by atoms with E-state index in [9.17, 15) is 4.79 Å². The number of aromatic nitrogens is 3. The van der Waals surface area contributed by atoms with E-state index in [2.05, 4.69) is 20.9 Å². The molecule has 0 saturated carbocycles. The monoisotopic (exact) mass is 359 g/mol. The number of methoxy groups -OCH3 is 1. The number of hydrogen-bond donors (Lipinski definition) is 0. The summed E-state index contributed by atoms with van der Waals surface area (Å²) in [6.07, 6.45) is 5.49. The molecular formula is C21H17N3O3. The van der Waals surface area contributed by atoms with E-state index in [0.29, 0.717) is 5.75 Å². The molecule has 0 unspecified atom stereocenters. The van der Waals surface area contributed by atoms with Crippen LogP contribution in [0.25, 0.3) is 27.7 Å². The lowest BCUT2D eigenvalue weighted by Crippen LogP contribution is -2.12. The smallest absolute Gasteiger partial charge is 0.343 e.